The average Bonchev–Trinajstić information content (AvgIpc) is 2.80. The molecule has 1 fully saturated rings. The van der Waals surface area contributed by atoms with Gasteiger partial charge in [0.25, 0.3) is 5.91 Å². The third-order valence-corrected chi connectivity index (χ3v) is 5.60. The van der Waals surface area contributed by atoms with Gasteiger partial charge in [0.05, 0.1) is 0 Å². The molecule has 1 aliphatic rings. The fraction of sp³-hybridized carbons (Fsp3) is 0.350. The van der Waals surface area contributed by atoms with Gasteiger partial charge in [0.2, 0.25) is 0 Å². The van der Waals surface area contributed by atoms with E-state index in [1.807, 2.05) is 42.6 Å². The van der Waals surface area contributed by atoms with Crippen LogP contribution in [0.15, 0.2) is 48.5 Å². The highest BCUT2D eigenvalue weighted by Gasteiger charge is 2.23. The number of amides is 1. The molecule has 0 aromatic heterocycles. The molecule has 0 spiro atoms. The first-order valence-corrected chi connectivity index (χ1v) is 9.22. The van der Waals surface area contributed by atoms with E-state index >= 15 is 0 Å². The van der Waals surface area contributed by atoms with Gasteiger partial charge >= 0.3 is 0 Å². The SMILES string of the molecule is Cc1cc(C)cc(C(=O)N2CCS[C@@H](c3ccccc3)CC2)c1. The Kier molecular flexibility index (Phi) is 5.06. The van der Waals surface area contributed by atoms with Gasteiger partial charge in [-0.25, -0.2) is 0 Å². The summed E-state index contributed by atoms with van der Waals surface area (Å²) in [5.74, 6) is 1.17. The largest absolute Gasteiger partial charge is 0.338 e. The minimum absolute atomic E-state index is 0.172. The predicted molar refractivity (Wildman–Crippen MR) is 98.1 cm³/mol. The predicted octanol–water partition coefficient (Wildman–Crippen LogP) is 4.62. The van der Waals surface area contributed by atoms with Crippen molar-refractivity contribution in [1.29, 1.82) is 0 Å². The molecule has 1 aliphatic heterocycles. The van der Waals surface area contributed by atoms with E-state index in [9.17, 15) is 4.79 Å². The van der Waals surface area contributed by atoms with Crippen molar-refractivity contribution in [2.75, 3.05) is 18.8 Å². The first-order valence-electron chi connectivity index (χ1n) is 8.17. The van der Waals surface area contributed by atoms with Crippen LogP contribution >= 0.6 is 11.8 Å². The molecule has 1 atom stereocenters. The van der Waals surface area contributed by atoms with Crippen LogP contribution in [-0.2, 0) is 0 Å². The van der Waals surface area contributed by atoms with Crippen molar-refractivity contribution in [3.63, 3.8) is 0 Å². The van der Waals surface area contributed by atoms with Gasteiger partial charge in [-0.3, -0.25) is 4.79 Å². The van der Waals surface area contributed by atoms with E-state index in [1.165, 1.54) is 5.56 Å². The zero-order valence-electron chi connectivity index (χ0n) is 13.8. The number of thioether (sulfide) groups is 1. The Labute approximate surface area is 142 Å². The van der Waals surface area contributed by atoms with Crippen molar-refractivity contribution >= 4 is 17.7 Å². The van der Waals surface area contributed by atoms with E-state index in [-0.39, 0.29) is 5.91 Å². The Balaban J connectivity index is 1.71. The lowest BCUT2D eigenvalue weighted by Gasteiger charge is -2.21. The fourth-order valence-electron chi connectivity index (χ4n) is 3.19. The van der Waals surface area contributed by atoms with Crippen LogP contribution in [0.4, 0.5) is 0 Å². The molecule has 0 saturated carbocycles. The quantitative estimate of drug-likeness (QED) is 0.803. The van der Waals surface area contributed by atoms with E-state index in [1.54, 1.807) is 0 Å². The minimum Gasteiger partial charge on any atom is -0.338 e. The Morgan fingerprint density at radius 1 is 1.04 bits per heavy atom. The summed E-state index contributed by atoms with van der Waals surface area (Å²) in [6.45, 7) is 5.76. The Morgan fingerprint density at radius 2 is 1.74 bits per heavy atom. The second-order valence-electron chi connectivity index (χ2n) is 6.23. The Morgan fingerprint density at radius 3 is 2.43 bits per heavy atom. The van der Waals surface area contributed by atoms with Crippen LogP contribution in [-0.4, -0.2) is 29.6 Å². The second-order valence-corrected chi connectivity index (χ2v) is 7.54. The van der Waals surface area contributed by atoms with Gasteiger partial charge in [-0.2, -0.15) is 11.8 Å². The highest BCUT2D eigenvalue weighted by atomic mass is 32.2. The lowest BCUT2D eigenvalue weighted by molar-refractivity contribution is 0.0766. The van der Waals surface area contributed by atoms with Gasteiger partial charge in [-0.05, 0) is 38.0 Å². The van der Waals surface area contributed by atoms with Crippen LogP contribution in [0.1, 0.15) is 38.7 Å². The number of benzene rings is 2. The molecule has 1 amide bonds. The molecular formula is C20H23NOS. The number of carbonyl (C=O) groups is 1. The highest BCUT2D eigenvalue weighted by molar-refractivity contribution is 7.99. The molecule has 0 bridgehead atoms. The molecule has 1 heterocycles. The number of hydrogen-bond acceptors (Lipinski definition) is 2. The lowest BCUT2D eigenvalue weighted by atomic mass is 10.1. The molecule has 1 saturated heterocycles. The summed E-state index contributed by atoms with van der Waals surface area (Å²) in [4.78, 5) is 14.8. The van der Waals surface area contributed by atoms with Gasteiger partial charge in [-0.1, -0.05) is 47.5 Å². The van der Waals surface area contributed by atoms with Crippen LogP contribution in [0.2, 0.25) is 0 Å². The maximum Gasteiger partial charge on any atom is 0.253 e. The third kappa shape index (κ3) is 3.97. The maximum atomic E-state index is 12.8. The molecule has 23 heavy (non-hydrogen) atoms. The summed E-state index contributed by atoms with van der Waals surface area (Å²) in [6, 6.07) is 16.8. The summed E-state index contributed by atoms with van der Waals surface area (Å²) in [5, 5.41) is 0.494. The summed E-state index contributed by atoms with van der Waals surface area (Å²) >= 11 is 1.97. The smallest absolute Gasteiger partial charge is 0.253 e. The van der Waals surface area contributed by atoms with Crippen LogP contribution in [0.3, 0.4) is 0 Å². The van der Waals surface area contributed by atoms with Crippen molar-refractivity contribution < 1.29 is 4.79 Å². The van der Waals surface area contributed by atoms with Gasteiger partial charge in [0.15, 0.2) is 0 Å². The topological polar surface area (TPSA) is 20.3 Å². The number of hydrogen-bond donors (Lipinski definition) is 0. The second kappa shape index (κ2) is 7.22. The zero-order chi connectivity index (χ0) is 16.2. The first-order chi connectivity index (χ1) is 11.1. The molecule has 3 rings (SSSR count). The summed E-state index contributed by atoms with van der Waals surface area (Å²) in [5.41, 5.74) is 4.50. The summed E-state index contributed by atoms with van der Waals surface area (Å²) < 4.78 is 0. The number of aryl methyl sites for hydroxylation is 2. The van der Waals surface area contributed by atoms with E-state index in [2.05, 4.69) is 36.4 Å². The standard InChI is InChI=1S/C20H23NOS/c1-15-12-16(2)14-18(13-15)20(22)21-9-8-19(23-11-10-21)17-6-4-3-5-7-17/h3-7,12-14,19H,8-11H2,1-2H3/t19-/m1/s1. The third-order valence-electron chi connectivity index (χ3n) is 4.27. The van der Waals surface area contributed by atoms with Gasteiger partial charge < -0.3 is 4.90 Å². The molecule has 2 aromatic rings. The Bertz CT molecular complexity index is 663. The molecule has 0 radical (unpaired) electrons. The molecule has 0 unspecified atom stereocenters. The van der Waals surface area contributed by atoms with Gasteiger partial charge in [-0.15, -0.1) is 0 Å². The molecular weight excluding hydrogens is 302 g/mol. The average molecular weight is 325 g/mol. The summed E-state index contributed by atoms with van der Waals surface area (Å²) in [6.07, 6.45) is 1.02. The van der Waals surface area contributed by atoms with Crippen molar-refractivity contribution in [2.45, 2.75) is 25.5 Å². The number of carbonyl (C=O) groups excluding carboxylic acids is 1. The van der Waals surface area contributed by atoms with Crippen molar-refractivity contribution in [3.8, 4) is 0 Å². The zero-order valence-corrected chi connectivity index (χ0v) is 14.6. The van der Waals surface area contributed by atoms with Crippen LogP contribution in [0.25, 0.3) is 0 Å². The maximum absolute atomic E-state index is 12.8. The lowest BCUT2D eigenvalue weighted by Crippen LogP contribution is -2.33. The Hall–Kier alpha value is -1.74. The van der Waals surface area contributed by atoms with Gasteiger partial charge in [0, 0.05) is 29.7 Å². The first kappa shape index (κ1) is 16.1. The molecule has 0 aliphatic carbocycles. The van der Waals surface area contributed by atoms with E-state index < -0.39 is 0 Å². The van der Waals surface area contributed by atoms with Crippen molar-refractivity contribution in [1.82, 2.24) is 4.90 Å². The van der Waals surface area contributed by atoms with Gasteiger partial charge in [0.1, 0.15) is 0 Å². The molecule has 0 N–H and O–H groups in total. The fourth-order valence-corrected chi connectivity index (χ4v) is 4.42. The minimum atomic E-state index is 0.172. The van der Waals surface area contributed by atoms with Crippen LogP contribution in [0, 0.1) is 13.8 Å². The molecule has 3 heteroatoms. The monoisotopic (exact) mass is 325 g/mol. The van der Waals surface area contributed by atoms with E-state index in [4.69, 9.17) is 0 Å². The van der Waals surface area contributed by atoms with Crippen LogP contribution in [0.5, 0.6) is 0 Å². The van der Waals surface area contributed by atoms with Crippen molar-refractivity contribution in [2.24, 2.45) is 0 Å². The van der Waals surface area contributed by atoms with Crippen LogP contribution < -0.4 is 0 Å². The van der Waals surface area contributed by atoms with E-state index in [0.717, 1.165) is 42.0 Å². The molecule has 2 aromatic carbocycles. The highest BCUT2D eigenvalue weighted by Crippen LogP contribution is 2.34. The number of rotatable bonds is 2. The van der Waals surface area contributed by atoms with E-state index in [0.29, 0.717) is 5.25 Å². The normalized spacial score (nSPS) is 18.5. The number of nitrogens with zero attached hydrogens (tertiary/aromatic N) is 1. The van der Waals surface area contributed by atoms with Crippen molar-refractivity contribution in [3.05, 3.63) is 70.8 Å². The molecule has 120 valence electrons. The summed E-state index contributed by atoms with van der Waals surface area (Å²) in [7, 11) is 0. The molecule has 2 nitrogen and oxygen atoms in total.